The Morgan fingerprint density at radius 2 is 1.61 bits per heavy atom. The predicted octanol–water partition coefficient (Wildman–Crippen LogP) is 5.61. The predicted molar refractivity (Wildman–Crippen MR) is 107 cm³/mol. The molecule has 0 bridgehead atoms. The standard InChI is InChI=1S/C21H18FNO4S/c1-25-21(24)19-12-5-15(14-3-10-18(11-4-14)28-27-26-2)13-20(19)23-17-8-6-16(22)7-9-17/h3-13,23H,1-2H3. The molecule has 0 aromatic heterocycles. The van der Waals surface area contributed by atoms with Crippen molar-refractivity contribution >= 4 is 29.4 Å². The molecule has 0 heterocycles. The SMILES string of the molecule is COOSc1ccc(-c2ccc(C(=O)OC)c(Nc3ccc(F)cc3)c2)cc1. The van der Waals surface area contributed by atoms with Crippen molar-refractivity contribution in [2.45, 2.75) is 4.90 Å². The van der Waals surface area contributed by atoms with Crippen molar-refractivity contribution in [1.29, 1.82) is 0 Å². The number of anilines is 2. The van der Waals surface area contributed by atoms with Gasteiger partial charge in [-0.3, -0.25) is 0 Å². The van der Waals surface area contributed by atoms with Gasteiger partial charge in [0, 0.05) is 10.6 Å². The van der Waals surface area contributed by atoms with Crippen LogP contribution in [0.4, 0.5) is 15.8 Å². The maximum Gasteiger partial charge on any atom is 0.339 e. The van der Waals surface area contributed by atoms with E-state index < -0.39 is 5.97 Å². The number of carbonyl (C=O) groups excluding carboxylic acids is 1. The minimum absolute atomic E-state index is 0.331. The van der Waals surface area contributed by atoms with Crippen LogP contribution in [0.25, 0.3) is 11.1 Å². The first-order valence-corrected chi connectivity index (χ1v) is 9.07. The maximum absolute atomic E-state index is 13.2. The normalized spacial score (nSPS) is 10.5. The van der Waals surface area contributed by atoms with Crippen LogP contribution in [-0.4, -0.2) is 20.2 Å². The third-order valence-electron chi connectivity index (χ3n) is 3.93. The summed E-state index contributed by atoms with van der Waals surface area (Å²) < 4.78 is 22.9. The first-order chi connectivity index (χ1) is 13.6. The molecule has 0 amide bonds. The Morgan fingerprint density at radius 1 is 0.929 bits per heavy atom. The van der Waals surface area contributed by atoms with E-state index in [1.165, 1.54) is 26.4 Å². The average Bonchev–Trinajstić information content (AvgIpc) is 2.73. The molecular formula is C21H18FNO4S. The minimum Gasteiger partial charge on any atom is -0.465 e. The molecule has 144 valence electrons. The highest BCUT2D eigenvalue weighted by atomic mass is 32.2. The summed E-state index contributed by atoms with van der Waals surface area (Å²) in [5.74, 6) is -0.789. The molecule has 0 aliphatic rings. The lowest BCUT2D eigenvalue weighted by molar-refractivity contribution is -0.160. The molecule has 0 unspecified atom stereocenters. The Labute approximate surface area is 166 Å². The number of methoxy groups -OCH3 is 1. The maximum atomic E-state index is 13.2. The van der Waals surface area contributed by atoms with E-state index in [0.717, 1.165) is 28.1 Å². The van der Waals surface area contributed by atoms with Crippen molar-refractivity contribution in [2.24, 2.45) is 0 Å². The fourth-order valence-electron chi connectivity index (χ4n) is 2.58. The zero-order valence-electron chi connectivity index (χ0n) is 15.3. The zero-order valence-corrected chi connectivity index (χ0v) is 16.1. The number of carbonyl (C=O) groups is 1. The topological polar surface area (TPSA) is 56.8 Å². The van der Waals surface area contributed by atoms with Gasteiger partial charge >= 0.3 is 5.97 Å². The van der Waals surface area contributed by atoms with Gasteiger partial charge in [0.15, 0.2) is 0 Å². The molecule has 0 radical (unpaired) electrons. The van der Waals surface area contributed by atoms with Crippen LogP contribution in [0.15, 0.2) is 71.6 Å². The van der Waals surface area contributed by atoms with Crippen LogP contribution < -0.4 is 5.32 Å². The molecule has 3 aromatic rings. The van der Waals surface area contributed by atoms with E-state index in [1.807, 2.05) is 36.4 Å². The third-order valence-corrected chi connectivity index (χ3v) is 4.60. The summed E-state index contributed by atoms with van der Waals surface area (Å²) in [5.41, 5.74) is 3.47. The molecule has 28 heavy (non-hydrogen) atoms. The van der Waals surface area contributed by atoms with Crippen molar-refractivity contribution in [3.8, 4) is 11.1 Å². The van der Waals surface area contributed by atoms with Gasteiger partial charge in [0.25, 0.3) is 0 Å². The number of benzene rings is 3. The molecule has 0 atom stereocenters. The molecule has 3 rings (SSSR count). The van der Waals surface area contributed by atoms with Crippen LogP contribution in [0.5, 0.6) is 0 Å². The first-order valence-electron chi connectivity index (χ1n) is 8.33. The Morgan fingerprint density at radius 3 is 2.25 bits per heavy atom. The van der Waals surface area contributed by atoms with Gasteiger partial charge in [-0.1, -0.05) is 18.2 Å². The van der Waals surface area contributed by atoms with Crippen LogP contribution in [0.1, 0.15) is 10.4 Å². The highest BCUT2D eigenvalue weighted by molar-refractivity contribution is 7.94. The highest BCUT2D eigenvalue weighted by Crippen LogP contribution is 2.30. The van der Waals surface area contributed by atoms with E-state index in [0.29, 0.717) is 16.9 Å². The number of rotatable bonds is 7. The second kappa shape index (κ2) is 9.36. The number of nitrogens with one attached hydrogen (secondary N) is 1. The molecule has 5 nitrogen and oxygen atoms in total. The lowest BCUT2D eigenvalue weighted by Gasteiger charge is -2.13. The average molecular weight is 399 g/mol. The molecule has 0 saturated carbocycles. The van der Waals surface area contributed by atoms with Crippen molar-refractivity contribution < 1.29 is 23.1 Å². The summed E-state index contributed by atoms with van der Waals surface area (Å²) in [6, 6.07) is 19.0. The molecule has 0 aliphatic heterocycles. The second-order valence-electron chi connectivity index (χ2n) is 5.73. The summed E-state index contributed by atoms with van der Waals surface area (Å²) in [5, 5.41) is 3.16. The van der Waals surface area contributed by atoms with Crippen LogP contribution in [-0.2, 0) is 14.0 Å². The number of halogens is 1. The molecule has 0 aliphatic carbocycles. The van der Waals surface area contributed by atoms with E-state index in [4.69, 9.17) is 9.07 Å². The van der Waals surface area contributed by atoms with Crippen LogP contribution in [0.2, 0.25) is 0 Å². The first kappa shape index (κ1) is 19.9. The number of esters is 1. The van der Waals surface area contributed by atoms with Gasteiger partial charge in [-0.25, -0.2) is 14.1 Å². The number of hydrogen-bond donors (Lipinski definition) is 1. The fourth-order valence-corrected chi connectivity index (χ4v) is 2.97. The van der Waals surface area contributed by atoms with Gasteiger partial charge in [0.1, 0.15) is 5.82 Å². The fraction of sp³-hybridized carbons (Fsp3) is 0.0952. The zero-order chi connectivity index (χ0) is 19.9. The number of hydrogen-bond acceptors (Lipinski definition) is 6. The smallest absolute Gasteiger partial charge is 0.339 e. The molecule has 0 spiro atoms. The van der Waals surface area contributed by atoms with Crippen LogP contribution in [0.3, 0.4) is 0 Å². The Hall–Kier alpha value is -2.87. The van der Waals surface area contributed by atoms with E-state index >= 15 is 0 Å². The quantitative estimate of drug-likeness (QED) is 0.241. The minimum atomic E-state index is -0.459. The molecule has 0 saturated heterocycles. The van der Waals surface area contributed by atoms with Gasteiger partial charge in [-0.2, -0.15) is 4.33 Å². The van der Waals surface area contributed by atoms with Crippen molar-refractivity contribution in [1.82, 2.24) is 0 Å². The van der Waals surface area contributed by atoms with Gasteiger partial charge in [-0.15, -0.1) is 0 Å². The summed E-state index contributed by atoms with van der Waals surface area (Å²) in [4.78, 5) is 17.6. The molecule has 1 N–H and O–H groups in total. The summed E-state index contributed by atoms with van der Waals surface area (Å²) in [6.07, 6.45) is 0. The highest BCUT2D eigenvalue weighted by Gasteiger charge is 2.14. The van der Waals surface area contributed by atoms with Crippen molar-refractivity contribution in [2.75, 3.05) is 19.5 Å². The van der Waals surface area contributed by atoms with Crippen LogP contribution in [0, 0.1) is 5.82 Å². The Kier molecular flexibility index (Phi) is 6.65. The monoisotopic (exact) mass is 399 g/mol. The Balaban J connectivity index is 1.92. The lowest BCUT2D eigenvalue weighted by Crippen LogP contribution is -2.06. The van der Waals surface area contributed by atoms with Crippen molar-refractivity contribution in [3.05, 3.63) is 78.1 Å². The van der Waals surface area contributed by atoms with Crippen LogP contribution >= 0.6 is 12.0 Å². The van der Waals surface area contributed by atoms with Crippen molar-refractivity contribution in [3.63, 3.8) is 0 Å². The van der Waals surface area contributed by atoms with Gasteiger partial charge < -0.3 is 10.1 Å². The third kappa shape index (κ3) is 4.89. The molecule has 7 heteroatoms. The number of ether oxygens (including phenoxy) is 1. The van der Waals surface area contributed by atoms with Gasteiger partial charge in [0.05, 0.1) is 37.5 Å². The molecular weight excluding hydrogens is 381 g/mol. The second-order valence-corrected chi connectivity index (χ2v) is 6.50. The lowest BCUT2D eigenvalue weighted by atomic mass is 10.0. The summed E-state index contributed by atoms with van der Waals surface area (Å²) >= 11 is 1.11. The summed E-state index contributed by atoms with van der Waals surface area (Å²) in [7, 11) is 2.77. The van der Waals surface area contributed by atoms with E-state index in [9.17, 15) is 9.18 Å². The Bertz CT molecular complexity index is 946. The largest absolute Gasteiger partial charge is 0.465 e. The van der Waals surface area contributed by atoms with Gasteiger partial charge in [-0.05, 0) is 59.7 Å². The molecule has 0 fully saturated rings. The van der Waals surface area contributed by atoms with E-state index in [2.05, 4.69) is 10.2 Å². The van der Waals surface area contributed by atoms with E-state index in [1.54, 1.807) is 18.2 Å². The van der Waals surface area contributed by atoms with E-state index in [-0.39, 0.29) is 5.82 Å². The van der Waals surface area contributed by atoms with Gasteiger partial charge in [0.2, 0.25) is 0 Å². The summed E-state index contributed by atoms with van der Waals surface area (Å²) in [6.45, 7) is 0. The molecule has 3 aromatic carbocycles.